The summed E-state index contributed by atoms with van der Waals surface area (Å²) in [5.41, 5.74) is 11.0. The van der Waals surface area contributed by atoms with E-state index in [2.05, 4.69) is 136 Å². The second kappa shape index (κ2) is 17.3. The summed E-state index contributed by atoms with van der Waals surface area (Å²) in [5, 5.41) is 0. The van der Waals surface area contributed by atoms with Gasteiger partial charge in [0.2, 0.25) is 0 Å². The highest BCUT2D eigenvalue weighted by atomic mass is 14.9. The summed E-state index contributed by atoms with van der Waals surface area (Å²) in [4.78, 5) is 20.3. The largest absolute Gasteiger partial charge is 0.228 e. The lowest BCUT2D eigenvalue weighted by molar-refractivity contribution is 0.266. The van der Waals surface area contributed by atoms with Gasteiger partial charge in [0.15, 0.2) is 11.6 Å². The normalized spacial score (nSPS) is 14.3. The summed E-state index contributed by atoms with van der Waals surface area (Å²) < 4.78 is 0. The van der Waals surface area contributed by atoms with Gasteiger partial charge in [0.1, 0.15) is 0 Å². The molecule has 0 amide bonds. The van der Waals surface area contributed by atoms with Crippen molar-refractivity contribution >= 4 is 11.1 Å². The molecule has 7 rings (SSSR count). The molecule has 4 heteroatoms. The monoisotopic (exact) mass is 716 g/mol. The van der Waals surface area contributed by atoms with Gasteiger partial charge in [0.25, 0.3) is 0 Å². The molecule has 55 heavy (non-hydrogen) atoms. The Bertz CT molecular complexity index is 2270. The first-order valence-corrected chi connectivity index (χ1v) is 19.4. The molecule has 0 spiro atoms. The van der Waals surface area contributed by atoms with E-state index in [9.17, 15) is 0 Å². The van der Waals surface area contributed by atoms with Crippen LogP contribution in [0, 0.1) is 5.92 Å². The lowest BCUT2D eigenvalue weighted by atomic mass is 9.63. The van der Waals surface area contributed by atoms with Crippen LogP contribution in [0.5, 0.6) is 0 Å². The molecule has 1 unspecified atom stereocenters. The fourth-order valence-corrected chi connectivity index (χ4v) is 7.99. The van der Waals surface area contributed by atoms with Gasteiger partial charge in [0, 0.05) is 33.2 Å². The van der Waals surface area contributed by atoms with Gasteiger partial charge >= 0.3 is 0 Å². The molecule has 1 aliphatic carbocycles. The van der Waals surface area contributed by atoms with Crippen molar-refractivity contribution in [1.82, 2.24) is 19.9 Å². The van der Waals surface area contributed by atoms with E-state index >= 15 is 0 Å². The van der Waals surface area contributed by atoms with Gasteiger partial charge in [0.05, 0.1) is 22.8 Å². The molecule has 272 valence electrons. The maximum atomic E-state index is 5.11. The zero-order valence-corrected chi connectivity index (χ0v) is 31.9. The molecule has 4 aromatic carbocycles. The van der Waals surface area contributed by atoms with Crippen molar-refractivity contribution in [3.8, 4) is 45.2 Å². The molecule has 0 fully saturated rings. The second-order valence-electron chi connectivity index (χ2n) is 14.2. The zero-order chi connectivity index (χ0) is 38.0. The number of hydrogen-bond donors (Lipinski definition) is 0. The number of aromatic nitrogens is 4. The Hall–Kier alpha value is -6.26. The Morgan fingerprint density at radius 1 is 0.636 bits per heavy atom. The number of hydrogen-bond acceptors (Lipinski definition) is 4. The van der Waals surface area contributed by atoms with E-state index in [4.69, 9.17) is 19.9 Å². The van der Waals surface area contributed by atoms with Crippen molar-refractivity contribution < 1.29 is 0 Å². The molecular weight excluding hydrogens is 669 g/mol. The second-order valence-corrected chi connectivity index (χ2v) is 14.2. The number of allylic oxidation sites excluding steroid dienone is 8. The molecule has 0 saturated carbocycles. The lowest BCUT2D eigenvalue weighted by Crippen LogP contribution is -2.35. The van der Waals surface area contributed by atoms with Crippen molar-refractivity contribution in [2.24, 2.45) is 5.92 Å². The van der Waals surface area contributed by atoms with Gasteiger partial charge in [-0.25, -0.2) is 19.9 Å². The van der Waals surface area contributed by atoms with Crippen LogP contribution in [-0.4, -0.2) is 19.9 Å². The Labute approximate surface area is 326 Å². The molecule has 0 saturated heterocycles. The molecule has 1 atom stereocenters. The van der Waals surface area contributed by atoms with E-state index in [1.54, 1.807) is 6.08 Å². The van der Waals surface area contributed by atoms with Crippen molar-refractivity contribution in [3.63, 3.8) is 0 Å². The van der Waals surface area contributed by atoms with E-state index in [1.807, 2.05) is 48.6 Å². The summed E-state index contributed by atoms with van der Waals surface area (Å²) in [6, 6.07) is 44.2. The Morgan fingerprint density at radius 3 is 1.64 bits per heavy atom. The molecule has 2 aromatic heterocycles. The Morgan fingerprint density at radius 2 is 1.16 bits per heavy atom. The van der Waals surface area contributed by atoms with Crippen LogP contribution >= 0.6 is 0 Å². The van der Waals surface area contributed by atoms with E-state index in [0.717, 1.165) is 94.1 Å². The van der Waals surface area contributed by atoms with Crippen LogP contribution in [0.25, 0.3) is 56.3 Å². The molecule has 2 heterocycles. The van der Waals surface area contributed by atoms with Crippen LogP contribution in [0.2, 0.25) is 0 Å². The van der Waals surface area contributed by atoms with Crippen LogP contribution in [0.4, 0.5) is 0 Å². The summed E-state index contributed by atoms with van der Waals surface area (Å²) in [5.74, 6) is 1.78. The van der Waals surface area contributed by atoms with Crippen molar-refractivity contribution in [2.75, 3.05) is 0 Å². The maximum Gasteiger partial charge on any atom is 0.160 e. The standard InChI is InChI=1S/C51H48N4/c1-5-18-37(8-4)45-35-46(38-19-12-9-13-20-38)53-49(52-45)41-25-29-43(30-26-41)51(33-6-2,34-7-3)44-31-27-42(28-32-44)50-54-47(39-21-14-10-15-22-39)36-48(55-50)40-23-16-11-17-24-40/h5,8-31,35-36,44H,1,4,6-7,32-34H2,2-3H3/b37-18+. The molecule has 0 radical (unpaired) electrons. The number of nitrogens with zero attached hydrogens (tertiary/aromatic N) is 4. The highest BCUT2D eigenvalue weighted by Gasteiger charge is 2.38. The van der Waals surface area contributed by atoms with Crippen molar-refractivity contribution in [3.05, 3.63) is 194 Å². The molecule has 0 N–H and O–H groups in total. The Balaban J connectivity index is 1.23. The lowest BCUT2D eigenvalue weighted by Gasteiger charge is -2.41. The highest BCUT2D eigenvalue weighted by Crippen LogP contribution is 2.46. The first kappa shape index (κ1) is 37.1. The van der Waals surface area contributed by atoms with Crippen LogP contribution in [0.15, 0.2) is 177 Å². The SMILES string of the molecule is C=C/C=C(\C=C)c1cc(-c2ccccc2)nc(-c2ccc(C(CCC)(CCC)C3C=CC(c4nc(-c5ccccc5)cc(-c5ccccc5)n4)=CC3)cc2)n1. The fraction of sp³-hybridized carbons (Fsp3) is 0.176. The summed E-state index contributed by atoms with van der Waals surface area (Å²) in [7, 11) is 0. The minimum absolute atomic E-state index is 0.0247. The summed E-state index contributed by atoms with van der Waals surface area (Å²) in [6.45, 7) is 12.6. The van der Waals surface area contributed by atoms with Gasteiger partial charge in [-0.2, -0.15) is 0 Å². The minimum Gasteiger partial charge on any atom is -0.228 e. The summed E-state index contributed by atoms with van der Waals surface area (Å²) >= 11 is 0. The van der Waals surface area contributed by atoms with E-state index in [1.165, 1.54) is 5.56 Å². The molecule has 4 nitrogen and oxygen atoms in total. The Kier molecular flexibility index (Phi) is 11.6. The third-order valence-electron chi connectivity index (χ3n) is 10.7. The summed E-state index contributed by atoms with van der Waals surface area (Å²) in [6.07, 6.45) is 17.9. The van der Waals surface area contributed by atoms with E-state index in [-0.39, 0.29) is 5.41 Å². The molecule has 0 aliphatic heterocycles. The van der Waals surface area contributed by atoms with Gasteiger partial charge in [-0.3, -0.25) is 0 Å². The third-order valence-corrected chi connectivity index (χ3v) is 10.7. The molecule has 0 bridgehead atoms. The highest BCUT2D eigenvalue weighted by molar-refractivity contribution is 5.78. The van der Waals surface area contributed by atoms with Crippen LogP contribution in [0.3, 0.4) is 0 Å². The third kappa shape index (κ3) is 8.14. The molecule has 1 aliphatic rings. The maximum absolute atomic E-state index is 5.11. The topological polar surface area (TPSA) is 51.6 Å². The van der Waals surface area contributed by atoms with Crippen molar-refractivity contribution in [2.45, 2.75) is 51.4 Å². The number of rotatable bonds is 14. The van der Waals surface area contributed by atoms with Gasteiger partial charge in [-0.05, 0) is 48.4 Å². The first-order valence-electron chi connectivity index (χ1n) is 19.4. The predicted octanol–water partition coefficient (Wildman–Crippen LogP) is 13.2. The van der Waals surface area contributed by atoms with Crippen LogP contribution in [-0.2, 0) is 5.41 Å². The first-order chi connectivity index (χ1) is 27.0. The van der Waals surface area contributed by atoms with Crippen molar-refractivity contribution in [1.29, 1.82) is 0 Å². The average molecular weight is 717 g/mol. The van der Waals surface area contributed by atoms with Gasteiger partial charge in [-0.1, -0.05) is 192 Å². The van der Waals surface area contributed by atoms with Crippen LogP contribution in [0.1, 0.15) is 63.0 Å². The minimum atomic E-state index is -0.0247. The number of benzene rings is 4. The predicted molar refractivity (Wildman–Crippen MR) is 231 cm³/mol. The molecule has 6 aromatic rings. The fourth-order valence-electron chi connectivity index (χ4n) is 7.99. The smallest absolute Gasteiger partial charge is 0.160 e. The molecular formula is C51H48N4. The van der Waals surface area contributed by atoms with Gasteiger partial charge < -0.3 is 0 Å². The quantitative estimate of drug-likeness (QED) is 0.105. The van der Waals surface area contributed by atoms with Gasteiger partial charge in [-0.15, -0.1) is 0 Å². The van der Waals surface area contributed by atoms with E-state index < -0.39 is 0 Å². The van der Waals surface area contributed by atoms with Crippen LogP contribution < -0.4 is 0 Å². The van der Waals surface area contributed by atoms with E-state index in [0.29, 0.717) is 11.7 Å². The average Bonchev–Trinajstić information content (AvgIpc) is 3.26. The zero-order valence-electron chi connectivity index (χ0n) is 31.9.